The number of ketones is 1. The lowest BCUT2D eigenvalue weighted by Crippen LogP contribution is -2.02. The maximum absolute atomic E-state index is 13.0. The van der Waals surface area contributed by atoms with E-state index >= 15 is 0 Å². The lowest BCUT2D eigenvalue weighted by Gasteiger charge is -2.03. The molecule has 0 aliphatic heterocycles. The second kappa shape index (κ2) is 6.93. The van der Waals surface area contributed by atoms with E-state index in [1.807, 2.05) is 6.07 Å². The van der Waals surface area contributed by atoms with Crippen LogP contribution in [0, 0.1) is 17.1 Å². The lowest BCUT2D eigenvalue weighted by molar-refractivity contribution is 0.104. The highest BCUT2D eigenvalue weighted by Crippen LogP contribution is 2.38. The average Bonchev–Trinajstić information content (AvgIpc) is 2.92. The van der Waals surface area contributed by atoms with E-state index in [4.69, 9.17) is 17.3 Å². The number of anilines is 3. The maximum Gasteiger partial charge on any atom is 0.205 e. The average molecular weight is 372 g/mol. The highest BCUT2D eigenvalue weighted by atomic mass is 35.5. The van der Waals surface area contributed by atoms with E-state index in [-0.39, 0.29) is 27.7 Å². The van der Waals surface area contributed by atoms with Crippen molar-refractivity contribution in [2.45, 2.75) is 0 Å². The van der Waals surface area contributed by atoms with Crippen molar-refractivity contribution < 1.29 is 9.18 Å². The summed E-state index contributed by atoms with van der Waals surface area (Å²) in [5.74, 6) is -0.654. The van der Waals surface area contributed by atoms with Gasteiger partial charge in [-0.1, -0.05) is 11.6 Å². The number of carbonyl (C=O) groups excluding carboxylic acids is 1. The van der Waals surface area contributed by atoms with E-state index in [0.717, 1.165) is 11.3 Å². The predicted octanol–water partition coefficient (Wildman–Crippen LogP) is 4.97. The van der Waals surface area contributed by atoms with Crippen molar-refractivity contribution in [1.82, 2.24) is 0 Å². The van der Waals surface area contributed by atoms with Crippen molar-refractivity contribution in [3.63, 3.8) is 0 Å². The molecule has 0 fully saturated rings. The highest BCUT2D eigenvalue weighted by Gasteiger charge is 2.22. The number of hydrogen-bond acceptors (Lipinski definition) is 5. The molecule has 3 rings (SSSR count). The molecule has 2 aromatic carbocycles. The molecule has 0 aliphatic carbocycles. The van der Waals surface area contributed by atoms with Crippen LogP contribution in [-0.4, -0.2) is 5.78 Å². The van der Waals surface area contributed by atoms with E-state index in [0.29, 0.717) is 21.3 Å². The normalized spacial score (nSPS) is 10.3. The van der Waals surface area contributed by atoms with Gasteiger partial charge in [0.25, 0.3) is 0 Å². The van der Waals surface area contributed by atoms with E-state index in [2.05, 4.69) is 5.32 Å². The quantitative estimate of drug-likeness (QED) is 0.634. The van der Waals surface area contributed by atoms with E-state index in [9.17, 15) is 14.4 Å². The topological polar surface area (TPSA) is 78.9 Å². The zero-order chi connectivity index (χ0) is 18.0. The molecular formula is C18H11ClFN3OS. The number of hydrogen-bond donors (Lipinski definition) is 2. The molecule has 3 aromatic rings. The Hall–Kier alpha value is -2.88. The predicted molar refractivity (Wildman–Crippen MR) is 98.0 cm³/mol. The maximum atomic E-state index is 13.0. The van der Waals surface area contributed by atoms with Crippen molar-refractivity contribution in [2.75, 3.05) is 11.1 Å². The molecular weight excluding hydrogens is 361 g/mol. The van der Waals surface area contributed by atoms with Crippen LogP contribution in [0.3, 0.4) is 0 Å². The fourth-order valence-corrected chi connectivity index (χ4v) is 3.39. The molecule has 0 amide bonds. The van der Waals surface area contributed by atoms with Crippen LogP contribution in [0.15, 0.2) is 48.5 Å². The zero-order valence-electron chi connectivity index (χ0n) is 12.7. The summed E-state index contributed by atoms with van der Waals surface area (Å²) in [4.78, 5) is 12.9. The van der Waals surface area contributed by atoms with Crippen LogP contribution in [0.25, 0.3) is 0 Å². The molecule has 0 saturated carbocycles. The Labute approximate surface area is 152 Å². The summed E-state index contributed by atoms with van der Waals surface area (Å²) in [6, 6.07) is 14.1. The number of nitriles is 1. The van der Waals surface area contributed by atoms with Gasteiger partial charge in [0, 0.05) is 16.3 Å². The largest absolute Gasteiger partial charge is 0.396 e. The molecule has 1 heterocycles. The Kier molecular flexibility index (Phi) is 4.70. The molecule has 124 valence electrons. The van der Waals surface area contributed by atoms with Gasteiger partial charge in [0.05, 0.1) is 5.69 Å². The number of nitrogens with two attached hydrogens (primary N) is 1. The van der Waals surface area contributed by atoms with Crippen molar-refractivity contribution in [3.8, 4) is 6.07 Å². The molecule has 25 heavy (non-hydrogen) atoms. The molecule has 1 aromatic heterocycles. The van der Waals surface area contributed by atoms with Gasteiger partial charge in [0.1, 0.15) is 27.3 Å². The molecule has 7 heteroatoms. The molecule has 0 aliphatic rings. The lowest BCUT2D eigenvalue weighted by atomic mass is 10.1. The number of nitrogens with zero attached hydrogens (tertiary/aromatic N) is 1. The molecule has 0 atom stereocenters. The summed E-state index contributed by atoms with van der Waals surface area (Å²) in [6.07, 6.45) is 0. The van der Waals surface area contributed by atoms with E-state index in [1.165, 1.54) is 24.3 Å². The van der Waals surface area contributed by atoms with Crippen molar-refractivity contribution in [3.05, 3.63) is 75.4 Å². The standard InChI is InChI=1S/C18H11ClFN3OS/c19-11-3-1-10(2-4-11)16(24)17-15(22)14(9-21)18(25-17)23-13-7-5-12(20)6-8-13/h1-8,23H,22H2. The summed E-state index contributed by atoms with van der Waals surface area (Å²) in [6.45, 7) is 0. The van der Waals surface area contributed by atoms with Gasteiger partial charge in [-0.05, 0) is 48.5 Å². The van der Waals surface area contributed by atoms with Crippen LogP contribution < -0.4 is 11.1 Å². The minimum Gasteiger partial charge on any atom is -0.396 e. The van der Waals surface area contributed by atoms with Crippen LogP contribution in [0.4, 0.5) is 20.8 Å². The summed E-state index contributed by atoms with van der Waals surface area (Å²) in [7, 11) is 0. The van der Waals surface area contributed by atoms with Crippen molar-refractivity contribution in [1.29, 1.82) is 5.26 Å². The number of thiophene rings is 1. The number of benzene rings is 2. The molecule has 0 radical (unpaired) electrons. The fourth-order valence-electron chi connectivity index (χ4n) is 2.21. The Morgan fingerprint density at radius 2 is 1.80 bits per heavy atom. The SMILES string of the molecule is N#Cc1c(Nc2ccc(F)cc2)sc(C(=O)c2ccc(Cl)cc2)c1N. The van der Waals surface area contributed by atoms with Gasteiger partial charge >= 0.3 is 0 Å². The van der Waals surface area contributed by atoms with Crippen LogP contribution in [-0.2, 0) is 0 Å². The number of nitrogens with one attached hydrogen (secondary N) is 1. The van der Waals surface area contributed by atoms with Gasteiger partial charge in [0.2, 0.25) is 5.78 Å². The van der Waals surface area contributed by atoms with Crippen LogP contribution >= 0.6 is 22.9 Å². The summed E-state index contributed by atoms with van der Waals surface area (Å²) in [5.41, 5.74) is 7.32. The Morgan fingerprint density at radius 3 is 2.40 bits per heavy atom. The van der Waals surface area contributed by atoms with Crippen molar-refractivity contribution in [2.24, 2.45) is 0 Å². The third-order valence-corrected chi connectivity index (χ3v) is 4.84. The van der Waals surface area contributed by atoms with Crippen LogP contribution in [0.2, 0.25) is 5.02 Å². The minimum atomic E-state index is -0.365. The van der Waals surface area contributed by atoms with Gasteiger partial charge in [-0.15, -0.1) is 11.3 Å². The molecule has 3 N–H and O–H groups in total. The molecule has 0 saturated heterocycles. The smallest absolute Gasteiger partial charge is 0.205 e. The molecule has 4 nitrogen and oxygen atoms in total. The molecule has 0 bridgehead atoms. The summed E-state index contributed by atoms with van der Waals surface area (Å²) >= 11 is 6.92. The minimum absolute atomic E-state index is 0.122. The fraction of sp³-hybridized carbons (Fsp3) is 0. The molecule has 0 spiro atoms. The Bertz CT molecular complexity index is 975. The molecule has 0 unspecified atom stereocenters. The van der Waals surface area contributed by atoms with Crippen LogP contribution in [0.5, 0.6) is 0 Å². The Morgan fingerprint density at radius 1 is 1.16 bits per heavy atom. The second-order valence-electron chi connectivity index (χ2n) is 5.13. The summed E-state index contributed by atoms with van der Waals surface area (Å²) in [5, 5.41) is 13.3. The van der Waals surface area contributed by atoms with Gasteiger partial charge in [-0.3, -0.25) is 4.79 Å². The zero-order valence-corrected chi connectivity index (χ0v) is 14.3. The third-order valence-electron chi connectivity index (χ3n) is 3.47. The van der Waals surface area contributed by atoms with Crippen LogP contribution in [0.1, 0.15) is 20.8 Å². The van der Waals surface area contributed by atoms with E-state index in [1.54, 1.807) is 24.3 Å². The Balaban J connectivity index is 1.97. The van der Waals surface area contributed by atoms with Gasteiger partial charge in [-0.25, -0.2) is 4.39 Å². The number of carbonyl (C=O) groups is 1. The first-order valence-electron chi connectivity index (χ1n) is 7.15. The number of rotatable bonds is 4. The van der Waals surface area contributed by atoms with Gasteiger partial charge in [-0.2, -0.15) is 5.26 Å². The van der Waals surface area contributed by atoms with E-state index < -0.39 is 0 Å². The monoisotopic (exact) mass is 371 g/mol. The third kappa shape index (κ3) is 3.48. The second-order valence-corrected chi connectivity index (χ2v) is 6.59. The summed E-state index contributed by atoms with van der Waals surface area (Å²) < 4.78 is 13.0. The van der Waals surface area contributed by atoms with Gasteiger partial charge < -0.3 is 11.1 Å². The first-order valence-corrected chi connectivity index (χ1v) is 8.34. The van der Waals surface area contributed by atoms with Gasteiger partial charge in [0.15, 0.2) is 0 Å². The number of nitrogen functional groups attached to an aromatic ring is 1. The highest BCUT2D eigenvalue weighted by molar-refractivity contribution is 7.19. The van der Waals surface area contributed by atoms with Crippen molar-refractivity contribution >= 4 is 45.1 Å². The first-order chi connectivity index (χ1) is 12.0. The number of halogens is 2. The first kappa shape index (κ1) is 17.0.